The molecular weight excluding hydrogens is 210 g/mol. The maximum absolute atomic E-state index is 11.7. The quantitative estimate of drug-likeness (QED) is 0.615. The predicted octanol–water partition coefficient (Wildman–Crippen LogP) is 1.83. The molecule has 2 rings (SSSR count). The van der Waals surface area contributed by atoms with Gasteiger partial charge in [-0.25, -0.2) is 0 Å². The second-order valence-corrected chi connectivity index (χ2v) is 4.01. The van der Waals surface area contributed by atoms with Crippen LogP contribution >= 0.6 is 0 Å². The Labute approximate surface area is 102 Å². The average molecular weight is 226 g/mol. The van der Waals surface area contributed by atoms with Gasteiger partial charge in [0.05, 0.1) is 6.54 Å². The van der Waals surface area contributed by atoms with Crippen LogP contribution in [0.15, 0.2) is 66.4 Å². The Morgan fingerprint density at radius 3 is 2.71 bits per heavy atom. The molecule has 1 aromatic carbocycles. The summed E-state index contributed by atoms with van der Waals surface area (Å²) in [5.41, 5.74) is 2.19. The molecule has 17 heavy (non-hydrogen) atoms. The lowest BCUT2D eigenvalue weighted by atomic mass is 10.1. The van der Waals surface area contributed by atoms with E-state index in [0.29, 0.717) is 6.54 Å². The lowest BCUT2D eigenvalue weighted by molar-refractivity contribution is -0.791. The van der Waals surface area contributed by atoms with Crippen LogP contribution in [0, 0.1) is 11.6 Å². The molecule has 2 nitrogen and oxygen atoms in total. The standard InChI is InChI=1S/C15H16NO/c17-16(13-15-9-5-2-6-10-15)12-11-14-7-3-1-4-8-14/h1-10,13,16H,11-12H2/q+1. The maximum atomic E-state index is 11.7. The van der Waals surface area contributed by atoms with Crippen LogP contribution in [0.1, 0.15) is 5.56 Å². The summed E-state index contributed by atoms with van der Waals surface area (Å²) < 4.78 is 0. The molecule has 1 aliphatic carbocycles. The van der Waals surface area contributed by atoms with Crippen LogP contribution in [-0.2, 0) is 6.42 Å². The molecule has 1 atom stereocenters. The van der Waals surface area contributed by atoms with Gasteiger partial charge in [-0.05, 0) is 5.56 Å². The normalized spacial score (nSPS) is 18.1. The second-order valence-electron chi connectivity index (χ2n) is 4.01. The van der Waals surface area contributed by atoms with E-state index in [1.807, 2.05) is 48.9 Å². The molecule has 0 bridgehead atoms. The molecule has 2 heteroatoms. The van der Waals surface area contributed by atoms with E-state index in [4.69, 9.17) is 0 Å². The van der Waals surface area contributed by atoms with Gasteiger partial charge >= 0.3 is 0 Å². The van der Waals surface area contributed by atoms with Crippen LogP contribution in [0.2, 0.25) is 0 Å². The van der Waals surface area contributed by atoms with Gasteiger partial charge in [0, 0.05) is 37.1 Å². The third kappa shape index (κ3) is 3.94. The van der Waals surface area contributed by atoms with Crippen molar-refractivity contribution in [3.05, 3.63) is 83.6 Å². The summed E-state index contributed by atoms with van der Waals surface area (Å²) in [5, 5.41) is 11.9. The third-order valence-corrected chi connectivity index (χ3v) is 2.63. The summed E-state index contributed by atoms with van der Waals surface area (Å²) in [6.07, 6.45) is 12.2. The van der Waals surface area contributed by atoms with E-state index in [2.05, 4.69) is 12.1 Å². The van der Waals surface area contributed by atoms with Crippen molar-refractivity contribution in [2.75, 3.05) is 6.54 Å². The molecule has 0 amide bonds. The van der Waals surface area contributed by atoms with Crippen LogP contribution in [0.25, 0.3) is 0 Å². The van der Waals surface area contributed by atoms with Crippen molar-refractivity contribution in [3.63, 3.8) is 0 Å². The molecule has 0 aromatic heterocycles. The Morgan fingerprint density at radius 2 is 2.00 bits per heavy atom. The fourth-order valence-electron chi connectivity index (χ4n) is 1.72. The van der Waals surface area contributed by atoms with Gasteiger partial charge < -0.3 is 10.3 Å². The van der Waals surface area contributed by atoms with Gasteiger partial charge in [0.25, 0.3) is 0 Å². The highest BCUT2D eigenvalue weighted by Crippen LogP contribution is 2.06. The maximum Gasteiger partial charge on any atom is 0.176 e. The minimum Gasteiger partial charge on any atom is -0.620 e. The molecule has 1 unspecified atom stereocenters. The van der Waals surface area contributed by atoms with Gasteiger partial charge in [-0.3, -0.25) is 0 Å². The van der Waals surface area contributed by atoms with Gasteiger partial charge in [-0.1, -0.05) is 30.3 Å². The number of rotatable bonds is 4. The lowest BCUT2D eigenvalue weighted by Crippen LogP contribution is -3.02. The smallest absolute Gasteiger partial charge is 0.176 e. The SMILES string of the molecule is [O-][NH+](C=C1C=CC=C[CH+]1)CCc1ccccc1. The number of hydrogen-bond acceptors (Lipinski definition) is 1. The summed E-state index contributed by atoms with van der Waals surface area (Å²) in [5.74, 6) is 0. The molecule has 1 aliphatic rings. The first-order valence-electron chi connectivity index (χ1n) is 5.81. The van der Waals surface area contributed by atoms with E-state index in [1.54, 1.807) is 6.20 Å². The van der Waals surface area contributed by atoms with Crippen molar-refractivity contribution in [3.8, 4) is 0 Å². The molecular formula is C15H16NO+. The van der Waals surface area contributed by atoms with Gasteiger partial charge in [-0.15, -0.1) is 0 Å². The highest BCUT2D eigenvalue weighted by molar-refractivity contribution is 5.37. The Hall–Kier alpha value is -1.77. The van der Waals surface area contributed by atoms with Crippen molar-refractivity contribution >= 4 is 0 Å². The number of hydroxylamine groups is 2. The van der Waals surface area contributed by atoms with Crippen molar-refractivity contribution in [1.29, 1.82) is 0 Å². The van der Waals surface area contributed by atoms with Crippen LogP contribution in [-0.4, -0.2) is 6.54 Å². The highest BCUT2D eigenvalue weighted by atomic mass is 16.5. The lowest BCUT2D eigenvalue weighted by Gasteiger charge is -2.15. The minimum absolute atomic E-state index is 0.181. The Morgan fingerprint density at radius 1 is 1.18 bits per heavy atom. The Balaban J connectivity index is 1.83. The minimum atomic E-state index is 0.181. The summed E-state index contributed by atoms with van der Waals surface area (Å²) in [4.78, 5) is 0. The molecule has 0 aliphatic heterocycles. The summed E-state index contributed by atoms with van der Waals surface area (Å²) in [7, 11) is 0. The second kappa shape index (κ2) is 6.09. The van der Waals surface area contributed by atoms with E-state index < -0.39 is 0 Å². The zero-order valence-corrected chi connectivity index (χ0v) is 9.67. The molecule has 86 valence electrons. The van der Waals surface area contributed by atoms with Crippen LogP contribution in [0.4, 0.5) is 0 Å². The fourth-order valence-corrected chi connectivity index (χ4v) is 1.72. The zero-order valence-electron chi connectivity index (χ0n) is 9.67. The third-order valence-electron chi connectivity index (χ3n) is 2.63. The monoisotopic (exact) mass is 226 g/mol. The predicted molar refractivity (Wildman–Crippen MR) is 70.0 cm³/mol. The van der Waals surface area contributed by atoms with E-state index in [1.165, 1.54) is 5.56 Å². The first-order valence-corrected chi connectivity index (χ1v) is 5.81. The van der Waals surface area contributed by atoms with Gasteiger partial charge in [0.15, 0.2) is 6.20 Å². The van der Waals surface area contributed by atoms with E-state index in [0.717, 1.165) is 12.0 Å². The molecule has 1 N–H and O–H groups in total. The number of hydrogen-bond donors (Lipinski definition) is 1. The molecule has 0 heterocycles. The number of allylic oxidation sites excluding steroid dienone is 5. The van der Waals surface area contributed by atoms with Gasteiger partial charge in [0.1, 0.15) is 5.57 Å². The topological polar surface area (TPSA) is 27.5 Å². The van der Waals surface area contributed by atoms with Crippen LogP contribution in [0.3, 0.4) is 0 Å². The van der Waals surface area contributed by atoms with Crippen molar-refractivity contribution in [2.45, 2.75) is 6.42 Å². The number of benzene rings is 1. The number of nitrogens with one attached hydrogen (secondary N) is 1. The Bertz CT molecular complexity index is 431. The summed E-state index contributed by atoms with van der Waals surface area (Å²) in [6, 6.07) is 10.1. The highest BCUT2D eigenvalue weighted by Gasteiger charge is 2.06. The van der Waals surface area contributed by atoms with Crippen LogP contribution < -0.4 is 5.06 Å². The summed E-state index contributed by atoms with van der Waals surface area (Å²) in [6.45, 7) is 0.568. The van der Waals surface area contributed by atoms with E-state index >= 15 is 0 Å². The molecule has 1 aromatic rings. The van der Waals surface area contributed by atoms with Crippen molar-refractivity contribution in [1.82, 2.24) is 0 Å². The van der Waals surface area contributed by atoms with Crippen molar-refractivity contribution in [2.24, 2.45) is 0 Å². The first-order chi connectivity index (χ1) is 8.34. The van der Waals surface area contributed by atoms with Crippen molar-refractivity contribution < 1.29 is 5.06 Å². The largest absolute Gasteiger partial charge is 0.620 e. The van der Waals surface area contributed by atoms with E-state index in [-0.39, 0.29) is 5.06 Å². The molecule has 0 saturated carbocycles. The molecule has 0 fully saturated rings. The molecule has 0 radical (unpaired) electrons. The summed E-state index contributed by atoms with van der Waals surface area (Å²) >= 11 is 0. The van der Waals surface area contributed by atoms with E-state index in [9.17, 15) is 5.21 Å². The first kappa shape index (κ1) is 11.7. The zero-order chi connectivity index (χ0) is 11.9. The average Bonchev–Trinajstić information content (AvgIpc) is 2.39. The molecule has 0 saturated heterocycles. The van der Waals surface area contributed by atoms with Gasteiger partial charge in [-0.2, -0.15) is 0 Å². The molecule has 0 spiro atoms. The Kier molecular flexibility index (Phi) is 4.19. The van der Waals surface area contributed by atoms with Gasteiger partial charge in [0.2, 0.25) is 0 Å². The number of quaternary nitrogens is 1. The fraction of sp³-hybridized carbons (Fsp3) is 0.133. The van der Waals surface area contributed by atoms with Crippen LogP contribution in [0.5, 0.6) is 0 Å².